The van der Waals surface area contributed by atoms with E-state index in [0.29, 0.717) is 5.75 Å². The van der Waals surface area contributed by atoms with E-state index < -0.39 is 10.8 Å². The molecule has 0 aliphatic rings. The number of benzene rings is 2. The number of rotatable bonds is 7. The molecule has 0 aromatic heterocycles. The summed E-state index contributed by atoms with van der Waals surface area (Å²) < 4.78 is 10.2. The van der Waals surface area contributed by atoms with E-state index in [1.54, 1.807) is 37.4 Å². The van der Waals surface area contributed by atoms with Gasteiger partial charge in [-0.05, 0) is 35.9 Å². The van der Waals surface area contributed by atoms with Gasteiger partial charge in [0, 0.05) is 6.07 Å². The van der Waals surface area contributed by atoms with Crippen LogP contribution in [0, 0.1) is 10.1 Å². The molecule has 0 aliphatic heterocycles. The minimum atomic E-state index is -0.574. The number of nitro groups is 1. The van der Waals surface area contributed by atoms with Crippen LogP contribution in [0.15, 0.2) is 53.6 Å². The molecule has 24 heavy (non-hydrogen) atoms. The number of amides is 1. The van der Waals surface area contributed by atoms with E-state index in [2.05, 4.69) is 10.5 Å². The molecule has 2 aromatic carbocycles. The smallest absolute Gasteiger partial charge is 0.310 e. The molecule has 0 aliphatic carbocycles. The van der Waals surface area contributed by atoms with Crippen LogP contribution < -0.4 is 14.9 Å². The lowest BCUT2D eigenvalue weighted by molar-refractivity contribution is -0.385. The number of carbonyl (C=O) groups is 1. The van der Waals surface area contributed by atoms with E-state index in [4.69, 9.17) is 9.47 Å². The van der Waals surface area contributed by atoms with Crippen LogP contribution in [0.3, 0.4) is 0 Å². The van der Waals surface area contributed by atoms with Gasteiger partial charge in [0.15, 0.2) is 12.4 Å². The van der Waals surface area contributed by atoms with Crippen LogP contribution in [-0.2, 0) is 4.79 Å². The maximum absolute atomic E-state index is 11.6. The molecular formula is C16H15N3O5. The summed E-state index contributed by atoms with van der Waals surface area (Å²) in [6.45, 7) is -0.384. The van der Waals surface area contributed by atoms with Gasteiger partial charge in [0.25, 0.3) is 5.91 Å². The summed E-state index contributed by atoms with van der Waals surface area (Å²) in [6, 6.07) is 12.9. The number of nitrogens with zero attached hydrogens (tertiary/aromatic N) is 2. The van der Waals surface area contributed by atoms with E-state index in [9.17, 15) is 14.9 Å². The SMILES string of the molecule is COc1ccc(/C=N/NC(=O)COc2ccccc2[N+](=O)[O-])cc1. The van der Waals surface area contributed by atoms with Gasteiger partial charge in [-0.25, -0.2) is 5.43 Å². The normalized spacial score (nSPS) is 10.4. The van der Waals surface area contributed by atoms with Gasteiger partial charge >= 0.3 is 5.69 Å². The largest absolute Gasteiger partial charge is 0.497 e. The van der Waals surface area contributed by atoms with Crippen molar-refractivity contribution in [2.24, 2.45) is 5.10 Å². The van der Waals surface area contributed by atoms with E-state index in [0.717, 1.165) is 5.56 Å². The van der Waals surface area contributed by atoms with E-state index >= 15 is 0 Å². The van der Waals surface area contributed by atoms with Gasteiger partial charge in [-0.2, -0.15) is 5.10 Å². The Morgan fingerprint density at radius 1 is 1.25 bits per heavy atom. The molecular weight excluding hydrogens is 314 g/mol. The maximum Gasteiger partial charge on any atom is 0.310 e. The first-order valence-corrected chi connectivity index (χ1v) is 6.92. The second kappa shape index (κ2) is 8.28. The Kier molecular flexibility index (Phi) is 5.84. The number of carbonyl (C=O) groups excluding carboxylic acids is 1. The number of ether oxygens (including phenoxy) is 2. The highest BCUT2D eigenvalue weighted by Crippen LogP contribution is 2.25. The Balaban J connectivity index is 1.85. The molecule has 0 spiro atoms. The summed E-state index contributed by atoms with van der Waals surface area (Å²) in [7, 11) is 1.57. The zero-order valence-corrected chi connectivity index (χ0v) is 12.8. The number of para-hydroxylation sites is 2. The van der Waals surface area contributed by atoms with Crippen molar-refractivity contribution >= 4 is 17.8 Å². The van der Waals surface area contributed by atoms with E-state index in [1.807, 2.05) is 0 Å². The standard InChI is InChI=1S/C16H15N3O5/c1-23-13-8-6-12(7-9-13)10-17-18-16(20)11-24-15-5-3-2-4-14(15)19(21)22/h2-10H,11H2,1H3,(H,18,20)/b17-10+. The molecule has 1 N–H and O–H groups in total. The van der Waals surface area contributed by atoms with Gasteiger partial charge in [-0.3, -0.25) is 14.9 Å². The molecule has 8 heteroatoms. The van der Waals surface area contributed by atoms with Gasteiger partial charge in [-0.15, -0.1) is 0 Å². The first-order chi connectivity index (χ1) is 11.6. The fourth-order valence-corrected chi connectivity index (χ4v) is 1.77. The van der Waals surface area contributed by atoms with Crippen LogP contribution in [-0.4, -0.2) is 30.8 Å². The van der Waals surface area contributed by atoms with Crippen LogP contribution in [0.5, 0.6) is 11.5 Å². The highest BCUT2D eigenvalue weighted by Gasteiger charge is 2.14. The Morgan fingerprint density at radius 2 is 1.96 bits per heavy atom. The molecule has 0 saturated heterocycles. The minimum Gasteiger partial charge on any atom is -0.497 e. The summed E-state index contributed by atoms with van der Waals surface area (Å²) in [5.41, 5.74) is 2.86. The maximum atomic E-state index is 11.6. The fraction of sp³-hybridized carbons (Fsp3) is 0.125. The minimum absolute atomic E-state index is 0.0248. The lowest BCUT2D eigenvalue weighted by atomic mass is 10.2. The van der Waals surface area contributed by atoms with E-state index in [-0.39, 0.29) is 18.0 Å². The predicted octanol–water partition coefficient (Wildman–Crippen LogP) is 2.13. The van der Waals surface area contributed by atoms with Crippen LogP contribution in [0.2, 0.25) is 0 Å². The summed E-state index contributed by atoms with van der Waals surface area (Å²) >= 11 is 0. The third kappa shape index (κ3) is 4.80. The number of hydrogen-bond acceptors (Lipinski definition) is 6. The van der Waals surface area contributed by atoms with Gasteiger partial charge in [-0.1, -0.05) is 12.1 Å². The monoisotopic (exact) mass is 329 g/mol. The molecule has 2 aromatic rings. The average Bonchev–Trinajstić information content (AvgIpc) is 2.60. The van der Waals surface area contributed by atoms with Gasteiger partial charge in [0.2, 0.25) is 0 Å². The van der Waals surface area contributed by atoms with Crippen molar-refractivity contribution in [2.45, 2.75) is 0 Å². The van der Waals surface area contributed by atoms with Gasteiger partial charge in [0.05, 0.1) is 18.2 Å². The molecule has 1 amide bonds. The van der Waals surface area contributed by atoms with E-state index in [1.165, 1.54) is 24.4 Å². The van der Waals surface area contributed by atoms with Crippen LogP contribution in [0.1, 0.15) is 5.56 Å². The molecule has 0 bridgehead atoms. The summed E-state index contributed by atoms with van der Waals surface area (Å²) in [4.78, 5) is 21.9. The topological polar surface area (TPSA) is 103 Å². The summed E-state index contributed by atoms with van der Waals surface area (Å²) in [5, 5.41) is 14.6. The predicted molar refractivity (Wildman–Crippen MR) is 87.3 cm³/mol. The second-order valence-electron chi connectivity index (χ2n) is 4.58. The zero-order chi connectivity index (χ0) is 17.4. The summed E-state index contributed by atoms with van der Waals surface area (Å²) in [5.74, 6) is 0.212. The molecule has 0 unspecified atom stereocenters. The average molecular weight is 329 g/mol. The Bertz CT molecular complexity index is 744. The molecule has 8 nitrogen and oxygen atoms in total. The molecule has 0 heterocycles. The molecule has 2 rings (SSSR count). The molecule has 124 valence electrons. The van der Waals surface area contributed by atoms with Crippen molar-refractivity contribution in [1.82, 2.24) is 5.43 Å². The van der Waals surface area contributed by atoms with Gasteiger partial charge < -0.3 is 9.47 Å². The van der Waals surface area contributed by atoms with Crippen LogP contribution >= 0.6 is 0 Å². The number of methoxy groups -OCH3 is 1. The number of hydrogen-bond donors (Lipinski definition) is 1. The molecule has 0 fully saturated rings. The number of nitrogens with one attached hydrogen (secondary N) is 1. The highest BCUT2D eigenvalue weighted by atomic mass is 16.6. The van der Waals surface area contributed by atoms with Crippen molar-refractivity contribution in [3.05, 3.63) is 64.2 Å². The quantitative estimate of drug-likeness (QED) is 0.476. The Labute approximate surface area is 137 Å². The lowest BCUT2D eigenvalue weighted by Crippen LogP contribution is -2.24. The van der Waals surface area contributed by atoms with Crippen LogP contribution in [0.4, 0.5) is 5.69 Å². The Hall–Kier alpha value is -3.42. The number of nitro benzene ring substituents is 1. The van der Waals surface area contributed by atoms with Crippen LogP contribution in [0.25, 0.3) is 0 Å². The lowest BCUT2D eigenvalue weighted by Gasteiger charge is -2.05. The number of hydrazone groups is 1. The van der Waals surface area contributed by atoms with Crippen molar-refractivity contribution in [3.8, 4) is 11.5 Å². The zero-order valence-electron chi connectivity index (χ0n) is 12.8. The third-order valence-corrected chi connectivity index (χ3v) is 2.94. The Morgan fingerprint density at radius 3 is 2.62 bits per heavy atom. The first kappa shape index (κ1) is 16.9. The van der Waals surface area contributed by atoms with Gasteiger partial charge in [0.1, 0.15) is 5.75 Å². The van der Waals surface area contributed by atoms with Crippen molar-refractivity contribution in [2.75, 3.05) is 13.7 Å². The van der Waals surface area contributed by atoms with Crippen molar-refractivity contribution in [3.63, 3.8) is 0 Å². The molecule has 0 atom stereocenters. The van der Waals surface area contributed by atoms with Crippen molar-refractivity contribution in [1.29, 1.82) is 0 Å². The first-order valence-electron chi connectivity index (χ1n) is 6.92. The summed E-state index contributed by atoms with van der Waals surface area (Å²) in [6.07, 6.45) is 1.46. The second-order valence-corrected chi connectivity index (χ2v) is 4.58. The third-order valence-electron chi connectivity index (χ3n) is 2.94. The fourth-order valence-electron chi connectivity index (χ4n) is 1.77. The molecule has 0 saturated carbocycles. The highest BCUT2D eigenvalue weighted by molar-refractivity contribution is 5.83. The van der Waals surface area contributed by atoms with Crippen molar-refractivity contribution < 1.29 is 19.2 Å². The molecule has 0 radical (unpaired) electrons.